The Labute approximate surface area is 116 Å². The number of nitrogens with zero attached hydrogens (tertiary/aromatic N) is 1. The summed E-state index contributed by atoms with van der Waals surface area (Å²) < 4.78 is 0. The number of aliphatic hydroxyl groups excluding tert-OH is 1. The molecule has 2 N–H and O–H groups in total. The first-order valence-electron chi connectivity index (χ1n) is 7.29. The summed E-state index contributed by atoms with van der Waals surface area (Å²) in [7, 11) is 0. The number of halogens is 1. The molecule has 0 aromatic carbocycles. The summed E-state index contributed by atoms with van der Waals surface area (Å²) in [6.45, 7) is 6.82. The van der Waals surface area contributed by atoms with Gasteiger partial charge in [-0.15, -0.1) is 0 Å². The molecule has 1 saturated heterocycles. The van der Waals surface area contributed by atoms with Crippen molar-refractivity contribution in [1.82, 2.24) is 4.90 Å². The van der Waals surface area contributed by atoms with Crippen LogP contribution in [0.15, 0.2) is 0 Å². The zero-order valence-corrected chi connectivity index (χ0v) is 12.7. The van der Waals surface area contributed by atoms with Crippen LogP contribution in [0.2, 0.25) is 0 Å². The van der Waals surface area contributed by atoms with Gasteiger partial charge in [0.1, 0.15) is 0 Å². The molecule has 4 atom stereocenters. The van der Waals surface area contributed by atoms with Crippen molar-refractivity contribution in [3.05, 3.63) is 0 Å². The van der Waals surface area contributed by atoms with Crippen molar-refractivity contribution in [1.29, 1.82) is 0 Å². The van der Waals surface area contributed by atoms with Gasteiger partial charge in [0.2, 0.25) is 0 Å². The van der Waals surface area contributed by atoms with Gasteiger partial charge in [-0.2, -0.15) is 0 Å². The zero-order chi connectivity index (χ0) is 13.8. The summed E-state index contributed by atoms with van der Waals surface area (Å²) in [5.41, 5.74) is 0. The number of aliphatic hydroxyl groups is 2. The molecule has 0 amide bonds. The first-order valence-corrected chi connectivity index (χ1v) is 7.67. The Kier molecular flexibility index (Phi) is 6.39. The van der Waals surface area contributed by atoms with E-state index in [1.165, 1.54) is 0 Å². The first-order chi connectivity index (χ1) is 8.44. The Balaban J connectivity index is 2.81. The topological polar surface area (TPSA) is 43.7 Å². The summed E-state index contributed by atoms with van der Waals surface area (Å²) >= 11 is 6.30. The quantitative estimate of drug-likeness (QED) is 0.703. The SMILES string of the molecule is CCCCC(N1CCCC1C(C)O)C(O)(Cl)CC. The molecular weight excluding hydrogens is 250 g/mol. The minimum atomic E-state index is -1.17. The first kappa shape index (κ1) is 16.2. The fourth-order valence-electron chi connectivity index (χ4n) is 2.99. The van der Waals surface area contributed by atoms with Gasteiger partial charge in [-0.05, 0) is 39.2 Å². The van der Waals surface area contributed by atoms with Crippen LogP contribution in [0.25, 0.3) is 0 Å². The van der Waals surface area contributed by atoms with Gasteiger partial charge in [-0.1, -0.05) is 38.3 Å². The monoisotopic (exact) mass is 277 g/mol. The Morgan fingerprint density at radius 1 is 1.44 bits per heavy atom. The van der Waals surface area contributed by atoms with Crippen LogP contribution in [-0.4, -0.2) is 44.9 Å². The molecule has 1 aliphatic rings. The Hall–Kier alpha value is 0.170. The van der Waals surface area contributed by atoms with Gasteiger partial charge < -0.3 is 10.2 Å². The molecule has 3 nitrogen and oxygen atoms in total. The molecule has 4 heteroatoms. The van der Waals surface area contributed by atoms with E-state index in [0.29, 0.717) is 6.42 Å². The summed E-state index contributed by atoms with van der Waals surface area (Å²) in [6.07, 6.45) is 5.30. The van der Waals surface area contributed by atoms with Gasteiger partial charge >= 0.3 is 0 Å². The van der Waals surface area contributed by atoms with Gasteiger partial charge in [0.15, 0.2) is 5.06 Å². The molecule has 0 radical (unpaired) electrons. The van der Waals surface area contributed by atoms with E-state index in [1.54, 1.807) is 0 Å². The van der Waals surface area contributed by atoms with Crippen molar-refractivity contribution in [3.8, 4) is 0 Å². The summed E-state index contributed by atoms with van der Waals surface area (Å²) in [6, 6.07) is 0.0925. The van der Waals surface area contributed by atoms with Crippen LogP contribution in [0, 0.1) is 0 Å². The zero-order valence-electron chi connectivity index (χ0n) is 11.9. The number of rotatable bonds is 7. The van der Waals surface area contributed by atoms with Crippen LogP contribution in [0.5, 0.6) is 0 Å². The van der Waals surface area contributed by atoms with E-state index in [-0.39, 0.29) is 18.2 Å². The highest BCUT2D eigenvalue weighted by molar-refractivity contribution is 6.23. The molecule has 1 fully saturated rings. The molecule has 0 aliphatic carbocycles. The van der Waals surface area contributed by atoms with Gasteiger partial charge in [0.25, 0.3) is 0 Å². The van der Waals surface area contributed by atoms with Crippen LogP contribution in [0.3, 0.4) is 0 Å². The van der Waals surface area contributed by atoms with Crippen molar-refractivity contribution in [2.45, 2.75) is 82.5 Å². The van der Waals surface area contributed by atoms with E-state index in [4.69, 9.17) is 11.6 Å². The maximum absolute atomic E-state index is 10.4. The smallest absolute Gasteiger partial charge is 0.153 e. The molecule has 0 bridgehead atoms. The van der Waals surface area contributed by atoms with Crippen molar-refractivity contribution in [3.63, 3.8) is 0 Å². The average Bonchev–Trinajstić information content (AvgIpc) is 2.78. The maximum atomic E-state index is 10.4. The number of alkyl halides is 1. The van der Waals surface area contributed by atoms with Crippen LogP contribution in [0.4, 0.5) is 0 Å². The number of hydrogen-bond acceptors (Lipinski definition) is 3. The molecule has 18 heavy (non-hydrogen) atoms. The second-order valence-electron chi connectivity index (χ2n) is 5.52. The van der Waals surface area contributed by atoms with E-state index < -0.39 is 5.06 Å². The van der Waals surface area contributed by atoms with E-state index in [1.807, 2.05) is 13.8 Å². The summed E-state index contributed by atoms with van der Waals surface area (Å²) in [4.78, 5) is 2.23. The lowest BCUT2D eigenvalue weighted by Crippen LogP contribution is -2.53. The molecule has 0 aromatic heterocycles. The second kappa shape index (κ2) is 7.09. The molecule has 1 rings (SSSR count). The molecule has 4 unspecified atom stereocenters. The van der Waals surface area contributed by atoms with E-state index in [0.717, 1.165) is 38.6 Å². The van der Waals surface area contributed by atoms with E-state index in [2.05, 4.69) is 11.8 Å². The molecule has 1 aliphatic heterocycles. The van der Waals surface area contributed by atoms with Gasteiger partial charge in [0, 0.05) is 6.04 Å². The van der Waals surface area contributed by atoms with Gasteiger partial charge in [0.05, 0.1) is 12.1 Å². The molecular formula is C14H28ClNO2. The minimum absolute atomic E-state index is 0.0498. The van der Waals surface area contributed by atoms with E-state index >= 15 is 0 Å². The molecule has 0 spiro atoms. The lowest BCUT2D eigenvalue weighted by atomic mass is 9.98. The summed E-state index contributed by atoms with van der Waals surface area (Å²) in [5, 5.41) is 19.1. The van der Waals surface area contributed by atoms with Crippen molar-refractivity contribution >= 4 is 11.6 Å². The van der Waals surface area contributed by atoms with Gasteiger partial charge in [-0.25, -0.2) is 0 Å². The Morgan fingerprint density at radius 2 is 2.11 bits per heavy atom. The number of hydrogen-bond donors (Lipinski definition) is 2. The molecule has 0 aromatic rings. The molecule has 0 saturated carbocycles. The van der Waals surface area contributed by atoms with Crippen molar-refractivity contribution < 1.29 is 10.2 Å². The lowest BCUT2D eigenvalue weighted by molar-refractivity contribution is -0.0227. The largest absolute Gasteiger partial charge is 0.392 e. The van der Waals surface area contributed by atoms with Crippen LogP contribution < -0.4 is 0 Å². The number of unbranched alkanes of at least 4 members (excludes halogenated alkanes) is 1. The van der Waals surface area contributed by atoms with Gasteiger partial charge in [-0.3, -0.25) is 4.90 Å². The fraction of sp³-hybridized carbons (Fsp3) is 1.00. The maximum Gasteiger partial charge on any atom is 0.153 e. The molecule has 108 valence electrons. The third-order valence-corrected chi connectivity index (χ3v) is 4.66. The van der Waals surface area contributed by atoms with Crippen molar-refractivity contribution in [2.75, 3.05) is 6.54 Å². The number of likely N-dealkylation sites (tertiary alicyclic amines) is 1. The third-order valence-electron chi connectivity index (χ3n) is 4.14. The third kappa shape index (κ3) is 3.83. The van der Waals surface area contributed by atoms with Crippen LogP contribution in [0.1, 0.15) is 59.3 Å². The predicted molar refractivity (Wildman–Crippen MR) is 75.8 cm³/mol. The molecule has 1 heterocycles. The van der Waals surface area contributed by atoms with Crippen LogP contribution in [-0.2, 0) is 0 Å². The highest BCUT2D eigenvalue weighted by Gasteiger charge is 2.42. The minimum Gasteiger partial charge on any atom is -0.392 e. The standard InChI is InChI=1S/C14H28ClNO2/c1-4-6-9-13(14(15,18)5-2)16-10-7-8-12(16)11(3)17/h11-13,17-18H,4-10H2,1-3H3. The van der Waals surface area contributed by atoms with Crippen LogP contribution >= 0.6 is 11.6 Å². The highest BCUT2D eigenvalue weighted by atomic mass is 35.5. The fourth-order valence-corrected chi connectivity index (χ4v) is 3.23. The summed E-state index contributed by atoms with van der Waals surface area (Å²) in [5.74, 6) is 0. The average molecular weight is 278 g/mol. The lowest BCUT2D eigenvalue weighted by Gasteiger charge is -2.41. The second-order valence-corrected chi connectivity index (χ2v) is 6.17. The van der Waals surface area contributed by atoms with Crippen molar-refractivity contribution in [2.24, 2.45) is 0 Å². The Morgan fingerprint density at radius 3 is 2.61 bits per heavy atom. The van der Waals surface area contributed by atoms with E-state index in [9.17, 15) is 10.2 Å². The Bertz CT molecular complexity index is 246. The predicted octanol–water partition coefficient (Wildman–Crippen LogP) is 2.73. The normalized spacial score (nSPS) is 28.0. The highest BCUT2D eigenvalue weighted by Crippen LogP contribution is 2.34.